The summed E-state index contributed by atoms with van der Waals surface area (Å²) in [4.78, 5) is 22.1. The number of aromatic carboxylic acids is 1. The molecule has 1 aromatic carbocycles. The van der Waals surface area contributed by atoms with Gasteiger partial charge in [-0.05, 0) is 18.2 Å². The van der Waals surface area contributed by atoms with Gasteiger partial charge >= 0.3 is 12.1 Å². The third-order valence-corrected chi connectivity index (χ3v) is 2.07. The molecule has 0 heterocycles. The lowest BCUT2D eigenvalue weighted by atomic mass is 10.1. The van der Waals surface area contributed by atoms with Crippen molar-refractivity contribution >= 4 is 11.9 Å². The fourth-order valence-corrected chi connectivity index (χ4v) is 1.21. The third kappa shape index (κ3) is 4.44. The van der Waals surface area contributed by atoms with Crippen molar-refractivity contribution in [3.8, 4) is 0 Å². The number of alkyl halides is 3. The van der Waals surface area contributed by atoms with E-state index in [0.29, 0.717) is 0 Å². The zero-order valence-corrected chi connectivity index (χ0v) is 9.12. The molecule has 0 spiro atoms. The van der Waals surface area contributed by atoms with Crippen LogP contribution in [-0.2, 0) is 0 Å². The van der Waals surface area contributed by atoms with Crippen LogP contribution in [0.4, 0.5) is 13.2 Å². The number of benzene rings is 1. The topological polar surface area (TPSA) is 66.4 Å². The number of nitrogens with one attached hydrogen (secondary N) is 1. The van der Waals surface area contributed by atoms with Crippen molar-refractivity contribution in [2.24, 2.45) is 0 Å². The van der Waals surface area contributed by atoms with Crippen molar-refractivity contribution < 1.29 is 27.9 Å². The van der Waals surface area contributed by atoms with Gasteiger partial charge < -0.3 is 10.4 Å². The summed E-state index contributed by atoms with van der Waals surface area (Å²) in [7, 11) is 0. The van der Waals surface area contributed by atoms with Crippen molar-refractivity contribution in [2.75, 3.05) is 6.54 Å². The number of rotatable bonds is 4. The fourth-order valence-electron chi connectivity index (χ4n) is 1.21. The number of amides is 1. The monoisotopic (exact) mass is 261 g/mol. The molecule has 1 aromatic rings. The van der Waals surface area contributed by atoms with Gasteiger partial charge in [-0.25, -0.2) is 4.79 Å². The molecular weight excluding hydrogens is 251 g/mol. The van der Waals surface area contributed by atoms with Crippen LogP contribution in [0.5, 0.6) is 0 Å². The Balaban J connectivity index is 2.62. The summed E-state index contributed by atoms with van der Waals surface area (Å²) >= 11 is 0. The van der Waals surface area contributed by atoms with Crippen LogP contribution in [0.15, 0.2) is 24.3 Å². The molecule has 0 bridgehead atoms. The lowest BCUT2D eigenvalue weighted by Gasteiger charge is -2.08. The minimum atomic E-state index is -4.34. The van der Waals surface area contributed by atoms with E-state index in [9.17, 15) is 22.8 Å². The molecule has 0 saturated heterocycles. The fraction of sp³-hybridized carbons (Fsp3) is 0.273. The maximum absolute atomic E-state index is 11.8. The zero-order chi connectivity index (χ0) is 13.8. The SMILES string of the molecule is O=C(O)c1cccc(C(=O)NCCC(F)(F)F)c1. The largest absolute Gasteiger partial charge is 0.478 e. The predicted octanol–water partition coefficient (Wildman–Crippen LogP) is 2.07. The van der Waals surface area contributed by atoms with Gasteiger partial charge in [-0.15, -0.1) is 0 Å². The van der Waals surface area contributed by atoms with Crippen molar-refractivity contribution in [1.29, 1.82) is 0 Å². The second-order valence-electron chi connectivity index (χ2n) is 3.51. The van der Waals surface area contributed by atoms with Crippen LogP contribution in [0.1, 0.15) is 27.1 Å². The average molecular weight is 261 g/mol. The maximum atomic E-state index is 11.8. The van der Waals surface area contributed by atoms with E-state index < -0.39 is 31.0 Å². The maximum Gasteiger partial charge on any atom is 0.390 e. The molecule has 0 aliphatic heterocycles. The molecule has 0 fully saturated rings. The smallest absolute Gasteiger partial charge is 0.390 e. The minimum Gasteiger partial charge on any atom is -0.478 e. The standard InChI is InChI=1S/C11H10F3NO3/c12-11(13,14)4-5-15-9(16)7-2-1-3-8(6-7)10(17)18/h1-3,6H,4-5H2,(H,15,16)(H,17,18). The number of halogens is 3. The van der Waals surface area contributed by atoms with Gasteiger partial charge in [0.15, 0.2) is 0 Å². The van der Waals surface area contributed by atoms with Crippen LogP contribution in [0.25, 0.3) is 0 Å². The Labute approximate surface area is 100 Å². The number of carbonyl (C=O) groups excluding carboxylic acids is 1. The van der Waals surface area contributed by atoms with Gasteiger partial charge in [0.05, 0.1) is 12.0 Å². The highest BCUT2D eigenvalue weighted by Crippen LogP contribution is 2.18. The molecule has 0 aliphatic carbocycles. The van der Waals surface area contributed by atoms with Gasteiger partial charge in [-0.1, -0.05) is 6.07 Å². The Morgan fingerprint density at radius 1 is 1.22 bits per heavy atom. The van der Waals surface area contributed by atoms with E-state index >= 15 is 0 Å². The van der Waals surface area contributed by atoms with Crippen LogP contribution >= 0.6 is 0 Å². The summed E-state index contributed by atoms with van der Waals surface area (Å²) in [6.45, 7) is -0.542. The van der Waals surface area contributed by atoms with E-state index in [0.717, 1.165) is 6.07 Å². The highest BCUT2D eigenvalue weighted by atomic mass is 19.4. The van der Waals surface area contributed by atoms with Crippen LogP contribution in [0.3, 0.4) is 0 Å². The first-order chi connectivity index (χ1) is 8.29. The van der Waals surface area contributed by atoms with Gasteiger partial charge in [0, 0.05) is 12.1 Å². The zero-order valence-electron chi connectivity index (χ0n) is 9.12. The van der Waals surface area contributed by atoms with E-state index in [1.165, 1.54) is 18.2 Å². The molecule has 2 N–H and O–H groups in total. The second kappa shape index (κ2) is 5.52. The summed E-state index contributed by atoms with van der Waals surface area (Å²) in [5, 5.41) is 10.8. The molecule has 0 aliphatic rings. The molecule has 7 heteroatoms. The van der Waals surface area contributed by atoms with Crippen LogP contribution in [0, 0.1) is 0 Å². The predicted molar refractivity (Wildman–Crippen MR) is 56.4 cm³/mol. The molecule has 1 amide bonds. The Bertz CT molecular complexity index is 457. The third-order valence-electron chi connectivity index (χ3n) is 2.07. The molecule has 0 atom stereocenters. The summed E-state index contributed by atoms with van der Waals surface area (Å²) in [6, 6.07) is 5.07. The van der Waals surface area contributed by atoms with Crippen LogP contribution in [0.2, 0.25) is 0 Å². The summed E-state index contributed by atoms with van der Waals surface area (Å²) in [5.41, 5.74) is -0.0875. The molecule has 0 radical (unpaired) electrons. The molecule has 4 nitrogen and oxygen atoms in total. The first-order valence-electron chi connectivity index (χ1n) is 4.98. The molecule has 98 valence electrons. The summed E-state index contributed by atoms with van der Waals surface area (Å²) in [6.07, 6.45) is -5.46. The van der Waals surface area contributed by atoms with Gasteiger partial charge in [-0.2, -0.15) is 13.2 Å². The van der Waals surface area contributed by atoms with Crippen molar-refractivity contribution in [1.82, 2.24) is 5.32 Å². The number of hydrogen-bond donors (Lipinski definition) is 2. The minimum absolute atomic E-state index is 0.0112. The Hall–Kier alpha value is -2.05. The first kappa shape index (κ1) is 14.0. The molecule has 0 saturated carbocycles. The Morgan fingerprint density at radius 3 is 2.39 bits per heavy atom. The number of carboxylic acids is 1. The number of hydrogen-bond acceptors (Lipinski definition) is 2. The van der Waals surface area contributed by atoms with Gasteiger partial charge in [0.25, 0.3) is 5.91 Å². The highest BCUT2D eigenvalue weighted by Gasteiger charge is 2.26. The van der Waals surface area contributed by atoms with Crippen molar-refractivity contribution in [3.63, 3.8) is 0 Å². The lowest BCUT2D eigenvalue weighted by molar-refractivity contribution is -0.132. The quantitative estimate of drug-likeness (QED) is 0.871. The Kier molecular flexibility index (Phi) is 4.30. The molecule has 0 aromatic heterocycles. The van der Waals surface area contributed by atoms with E-state index in [1.54, 1.807) is 0 Å². The normalized spacial score (nSPS) is 11.1. The van der Waals surface area contributed by atoms with Gasteiger partial charge in [-0.3, -0.25) is 4.79 Å². The van der Waals surface area contributed by atoms with Gasteiger partial charge in [0.2, 0.25) is 0 Å². The summed E-state index contributed by atoms with van der Waals surface area (Å²) < 4.78 is 35.5. The van der Waals surface area contributed by atoms with Crippen LogP contribution < -0.4 is 5.32 Å². The van der Waals surface area contributed by atoms with Crippen molar-refractivity contribution in [2.45, 2.75) is 12.6 Å². The van der Waals surface area contributed by atoms with E-state index in [2.05, 4.69) is 5.32 Å². The summed E-state index contributed by atoms with van der Waals surface area (Å²) in [5.74, 6) is -1.94. The lowest BCUT2D eigenvalue weighted by Crippen LogP contribution is -2.28. The first-order valence-corrected chi connectivity index (χ1v) is 4.98. The second-order valence-corrected chi connectivity index (χ2v) is 3.51. The van der Waals surface area contributed by atoms with E-state index in [1.807, 2.05) is 0 Å². The van der Waals surface area contributed by atoms with E-state index in [-0.39, 0.29) is 11.1 Å². The van der Waals surface area contributed by atoms with Crippen molar-refractivity contribution in [3.05, 3.63) is 35.4 Å². The van der Waals surface area contributed by atoms with E-state index in [4.69, 9.17) is 5.11 Å². The molecule has 1 rings (SSSR count). The molecule has 0 unspecified atom stereocenters. The molecule has 18 heavy (non-hydrogen) atoms. The Morgan fingerprint density at radius 2 is 1.83 bits per heavy atom. The number of carboxylic acid groups (broad SMARTS) is 1. The van der Waals surface area contributed by atoms with Crippen LogP contribution in [-0.4, -0.2) is 29.7 Å². The highest BCUT2D eigenvalue weighted by molar-refractivity contribution is 5.97. The van der Waals surface area contributed by atoms with Gasteiger partial charge in [0.1, 0.15) is 0 Å². The average Bonchev–Trinajstić information content (AvgIpc) is 2.27. The molecular formula is C11H10F3NO3. The number of carbonyl (C=O) groups is 2.